The Morgan fingerprint density at radius 1 is 0.900 bits per heavy atom. The van der Waals surface area contributed by atoms with E-state index in [4.69, 9.17) is 4.18 Å². The molecule has 1 aromatic carbocycles. The SMILES string of the molecule is O=[S+]1(Oc2ccccc2)CCCC1.[F][Sb-]([F])([F])([F])([F])[F]. The van der Waals surface area contributed by atoms with Gasteiger partial charge in [-0.1, -0.05) is 22.4 Å². The van der Waals surface area contributed by atoms with Crippen LogP contribution in [0.5, 0.6) is 5.75 Å². The predicted molar refractivity (Wildman–Crippen MR) is 66.5 cm³/mol. The molecule has 1 aliphatic rings. The Hall–Kier alpha value is -0.432. The second-order valence-corrected chi connectivity index (χ2v) is 12.2. The quantitative estimate of drug-likeness (QED) is 0.393. The van der Waals surface area contributed by atoms with Gasteiger partial charge in [-0.05, 0) is 12.1 Å². The molecule has 1 fully saturated rings. The number of halogens is 6. The van der Waals surface area contributed by atoms with Crippen molar-refractivity contribution in [1.29, 1.82) is 0 Å². The Morgan fingerprint density at radius 2 is 1.30 bits per heavy atom. The summed E-state index contributed by atoms with van der Waals surface area (Å²) in [5, 5.41) is 0. The second-order valence-electron chi connectivity index (χ2n) is 4.21. The average Bonchev–Trinajstić information content (AvgIpc) is 2.61. The third-order valence-electron chi connectivity index (χ3n) is 2.15. The first-order valence-corrected chi connectivity index (χ1v) is 13.2. The molecule has 0 bridgehead atoms. The van der Waals surface area contributed by atoms with Crippen molar-refractivity contribution in [3.8, 4) is 5.75 Å². The van der Waals surface area contributed by atoms with Gasteiger partial charge < -0.3 is 0 Å². The molecular weight excluding hydrogens is 420 g/mol. The van der Waals surface area contributed by atoms with Crippen LogP contribution in [0.4, 0.5) is 16.9 Å². The van der Waals surface area contributed by atoms with Crippen molar-refractivity contribution in [2.75, 3.05) is 11.5 Å². The number of para-hydroxylation sites is 1. The van der Waals surface area contributed by atoms with Gasteiger partial charge in [-0.3, -0.25) is 4.18 Å². The fourth-order valence-electron chi connectivity index (χ4n) is 1.48. The van der Waals surface area contributed by atoms with Crippen LogP contribution in [-0.2, 0) is 14.4 Å². The number of benzene rings is 1. The van der Waals surface area contributed by atoms with Crippen LogP contribution in [0.2, 0.25) is 0 Å². The van der Waals surface area contributed by atoms with Crippen molar-refractivity contribution >= 4 is 29.7 Å². The van der Waals surface area contributed by atoms with Crippen molar-refractivity contribution < 1.29 is 25.3 Å². The van der Waals surface area contributed by atoms with Crippen LogP contribution in [0.15, 0.2) is 30.3 Å². The van der Waals surface area contributed by atoms with Crippen molar-refractivity contribution in [2.24, 2.45) is 0 Å². The van der Waals surface area contributed by atoms with Crippen molar-refractivity contribution in [2.45, 2.75) is 12.8 Å². The second kappa shape index (κ2) is 5.09. The van der Waals surface area contributed by atoms with E-state index < -0.39 is 29.7 Å². The fourth-order valence-corrected chi connectivity index (χ4v) is 3.60. The van der Waals surface area contributed by atoms with Gasteiger partial charge in [0, 0.05) is 12.8 Å². The van der Waals surface area contributed by atoms with Gasteiger partial charge in [0.25, 0.3) is 10.2 Å². The Morgan fingerprint density at radius 3 is 1.70 bits per heavy atom. The zero-order valence-corrected chi connectivity index (χ0v) is 13.5. The Balaban J connectivity index is 0.000000246. The van der Waals surface area contributed by atoms with Crippen LogP contribution in [-0.4, -0.2) is 31.0 Å². The van der Waals surface area contributed by atoms with E-state index in [9.17, 15) is 21.1 Å². The van der Waals surface area contributed by atoms with Crippen LogP contribution >= 0.6 is 0 Å². The summed E-state index contributed by atoms with van der Waals surface area (Å²) in [6.45, 7) is 0. The van der Waals surface area contributed by atoms with Crippen molar-refractivity contribution in [3.63, 3.8) is 0 Å². The minimum absolute atomic E-state index is 0.724. The summed E-state index contributed by atoms with van der Waals surface area (Å²) in [6.07, 6.45) is 2.07. The van der Waals surface area contributed by atoms with Crippen LogP contribution in [0.3, 0.4) is 0 Å². The molecule has 1 aliphatic heterocycles. The summed E-state index contributed by atoms with van der Waals surface area (Å²) in [5.74, 6) is 2.18. The van der Waals surface area contributed by atoms with E-state index in [0.717, 1.165) is 30.1 Å². The first kappa shape index (κ1) is 17.6. The maximum absolute atomic E-state index is 11.9. The van der Waals surface area contributed by atoms with E-state index in [-0.39, 0.29) is 0 Å². The van der Waals surface area contributed by atoms with E-state index in [0.29, 0.717) is 0 Å². The molecular formula is C10H13F6O2SSb. The van der Waals surface area contributed by atoms with E-state index in [1.165, 1.54) is 0 Å². The van der Waals surface area contributed by atoms with Crippen LogP contribution in [0.1, 0.15) is 12.8 Å². The van der Waals surface area contributed by atoms with Gasteiger partial charge in [-0.25, -0.2) is 0 Å². The Bertz CT molecular complexity index is 479. The minimum atomic E-state index is -11.2. The van der Waals surface area contributed by atoms with Gasteiger partial charge in [0.1, 0.15) is 0 Å². The van der Waals surface area contributed by atoms with Crippen molar-refractivity contribution in [3.05, 3.63) is 30.3 Å². The van der Waals surface area contributed by atoms with E-state index in [1.807, 2.05) is 30.3 Å². The molecule has 118 valence electrons. The Kier molecular flexibility index (Phi) is 4.48. The molecule has 1 aromatic rings. The van der Waals surface area contributed by atoms with Crippen molar-refractivity contribution in [1.82, 2.24) is 0 Å². The summed E-state index contributed by atoms with van der Waals surface area (Å²) >= 11 is -11.2. The molecule has 0 atom stereocenters. The third-order valence-corrected chi connectivity index (χ3v) is 4.47. The maximum atomic E-state index is 11.9. The van der Waals surface area contributed by atoms with Gasteiger partial charge in [0.2, 0.25) is 0 Å². The van der Waals surface area contributed by atoms with Crippen LogP contribution in [0, 0.1) is 0 Å². The molecule has 0 radical (unpaired) electrons. The molecule has 2 rings (SSSR count). The third kappa shape index (κ3) is 10.4. The topological polar surface area (TPSA) is 26.3 Å². The Labute approximate surface area is 115 Å². The number of rotatable bonds is 2. The van der Waals surface area contributed by atoms with E-state index in [1.54, 1.807) is 0 Å². The standard InChI is InChI=1S/C10H13O2S.6FH.Sb/c11-13(8-4-5-9-13)12-10-6-2-1-3-7-10;;;;;;;/h1-3,6-7H,4-5,8-9H2;6*1H;/q+1;;;;;;;+5/p-6. The summed E-state index contributed by atoms with van der Waals surface area (Å²) in [6, 6.07) is 9.42. The molecule has 0 unspecified atom stereocenters. The van der Waals surface area contributed by atoms with E-state index >= 15 is 0 Å². The van der Waals surface area contributed by atoms with Crippen LogP contribution in [0.25, 0.3) is 0 Å². The normalized spacial score (nSPS) is 21.1. The predicted octanol–water partition coefficient (Wildman–Crippen LogP) is 4.41. The van der Waals surface area contributed by atoms with Gasteiger partial charge in [-0.2, -0.15) is 0 Å². The molecule has 1 saturated heterocycles. The molecule has 0 amide bonds. The molecule has 0 aromatic heterocycles. The first-order valence-electron chi connectivity index (χ1n) is 5.54. The molecule has 0 spiro atoms. The molecule has 0 aliphatic carbocycles. The van der Waals surface area contributed by atoms with Crippen LogP contribution < -0.4 is 4.18 Å². The van der Waals surface area contributed by atoms with Gasteiger partial charge in [-0.15, -0.1) is 0 Å². The van der Waals surface area contributed by atoms with E-state index in [2.05, 4.69) is 0 Å². The average molecular weight is 433 g/mol. The molecule has 2 nitrogen and oxygen atoms in total. The summed E-state index contributed by atoms with van der Waals surface area (Å²) in [7, 11) is -2.01. The monoisotopic (exact) mass is 432 g/mol. The molecule has 20 heavy (non-hydrogen) atoms. The molecule has 1 heterocycles. The number of hydrogen-bond acceptors (Lipinski definition) is 2. The summed E-state index contributed by atoms with van der Waals surface area (Å²) in [5.41, 5.74) is 0. The van der Waals surface area contributed by atoms with Gasteiger partial charge >= 0.3 is 36.4 Å². The molecule has 0 N–H and O–H groups in total. The zero-order chi connectivity index (χ0) is 15.6. The summed E-state index contributed by atoms with van der Waals surface area (Å²) < 4.78 is 77.0. The zero-order valence-electron chi connectivity index (χ0n) is 10.2. The molecule has 0 saturated carbocycles. The molecule has 10 heteroatoms. The first-order chi connectivity index (χ1) is 8.73. The fraction of sp³-hybridized carbons (Fsp3) is 0.400. The van der Waals surface area contributed by atoms with Gasteiger partial charge in [0.15, 0.2) is 17.3 Å². The number of hydrogen-bond donors (Lipinski definition) is 0. The van der Waals surface area contributed by atoms with Gasteiger partial charge in [0.05, 0.1) is 0 Å². The summed E-state index contributed by atoms with van der Waals surface area (Å²) in [4.78, 5) is 0.